The van der Waals surface area contributed by atoms with Crippen molar-refractivity contribution in [2.75, 3.05) is 0 Å². The van der Waals surface area contributed by atoms with Crippen LogP contribution in [0.15, 0.2) is 89.9 Å². The van der Waals surface area contributed by atoms with Gasteiger partial charge in [-0.05, 0) is 65.9 Å². The molecule has 0 unspecified atom stereocenters. The summed E-state index contributed by atoms with van der Waals surface area (Å²) >= 11 is 3.44. The predicted octanol–water partition coefficient (Wildman–Crippen LogP) is 6.63. The SMILES string of the molecule is C=CCCc1ccc(-c2ccc(C#Cc3ccc(Br)cc3)cc2)cc1. The van der Waals surface area contributed by atoms with Crippen LogP contribution in [0.3, 0.4) is 0 Å². The van der Waals surface area contributed by atoms with Crippen LogP contribution in [0.1, 0.15) is 23.1 Å². The molecule has 0 N–H and O–H groups in total. The highest BCUT2D eigenvalue weighted by atomic mass is 79.9. The van der Waals surface area contributed by atoms with Gasteiger partial charge in [0.25, 0.3) is 0 Å². The fraction of sp³-hybridized carbons (Fsp3) is 0.0833. The largest absolute Gasteiger partial charge is 0.103 e. The van der Waals surface area contributed by atoms with E-state index in [0.29, 0.717) is 0 Å². The van der Waals surface area contributed by atoms with Gasteiger partial charge in [-0.1, -0.05) is 70.2 Å². The number of benzene rings is 3. The Balaban J connectivity index is 1.72. The minimum absolute atomic E-state index is 1.02. The third-order valence-corrected chi connectivity index (χ3v) is 4.53. The standard InChI is InChI=1S/C24H19Br/c1-2-3-4-19-7-13-22(14-8-19)23-15-9-20(10-16-23)5-6-21-11-17-24(25)18-12-21/h2,7-18H,1,3-4H2. The molecule has 0 aliphatic heterocycles. The van der Waals surface area contributed by atoms with Gasteiger partial charge in [0.1, 0.15) is 0 Å². The van der Waals surface area contributed by atoms with Crippen LogP contribution in [0.2, 0.25) is 0 Å². The van der Waals surface area contributed by atoms with Gasteiger partial charge in [-0.15, -0.1) is 6.58 Å². The first-order valence-corrected chi connectivity index (χ1v) is 9.12. The van der Waals surface area contributed by atoms with Crippen molar-refractivity contribution in [3.8, 4) is 23.0 Å². The topological polar surface area (TPSA) is 0 Å². The molecule has 0 amide bonds. The molecule has 0 saturated heterocycles. The number of aryl methyl sites for hydroxylation is 1. The molecule has 25 heavy (non-hydrogen) atoms. The van der Waals surface area contributed by atoms with Crippen LogP contribution in [0.5, 0.6) is 0 Å². The van der Waals surface area contributed by atoms with Gasteiger partial charge < -0.3 is 0 Å². The monoisotopic (exact) mass is 386 g/mol. The number of allylic oxidation sites excluding steroid dienone is 1. The zero-order chi connectivity index (χ0) is 17.5. The highest BCUT2D eigenvalue weighted by Gasteiger charge is 1.98. The van der Waals surface area contributed by atoms with E-state index in [0.717, 1.165) is 28.4 Å². The van der Waals surface area contributed by atoms with Crippen LogP contribution in [-0.2, 0) is 6.42 Å². The van der Waals surface area contributed by atoms with Crippen molar-refractivity contribution in [3.05, 3.63) is 107 Å². The normalized spacial score (nSPS) is 9.96. The molecule has 0 radical (unpaired) electrons. The van der Waals surface area contributed by atoms with E-state index in [4.69, 9.17) is 0 Å². The summed E-state index contributed by atoms with van der Waals surface area (Å²) in [4.78, 5) is 0. The molecule has 0 saturated carbocycles. The van der Waals surface area contributed by atoms with Crippen LogP contribution in [0, 0.1) is 11.8 Å². The van der Waals surface area contributed by atoms with Crippen molar-refractivity contribution in [1.82, 2.24) is 0 Å². The lowest BCUT2D eigenvalue weighted by molar-refractivity contribution is 1.00. The highest BCUT2D eigenvalue weighted by molar-refractivity contribution is 9.10. The predicted molar refractivity (Wildman–Crippen MR) is 111 cm³/mol. The van der Waals surface area contributed by atoms with Crippen molar-refractivity contribution < 1.29 is 0 Å². The first kappa shape index (κ1) is 17.3. The van der Waals surface area contributed by atoms with E-state index in [1.54, 1.807) is 0 Å². The first-order chi connectivity index (χ1) is 12.2. The lowest BCUT2D eigenvalue weighted by Gasteiger charge is -2.04. The Morgan fingerprint density at radius 1 is 0.720 bits per heavy atom. The summed E-state index contributed by atoms with van der Waals surface area (Å²) in [6, 6.07) is 25.2. The van der Waals surface area contributed by atoms with Gasteiger partial charge in [-0.3, -0.25) is 0 Å². The highest BCUT2D eigenvalue weighted by Crippen LogP contribution is 2.21. The molecule has 0 aliphatic rings. The Morgan fingerprint density at radius 2 is 1.20 bits per heavy atom. The van der Waals surface area contributed by atoms with Crippen molar-refractivity contribution in [3.63, 3.8) is 0 Å². The lowest BCUT2D eigenvalue weighted by Crippen LogP contribution is -1.84. The van der Waals surface area contributed by atoms with E-state index in [2.05, 4.69) is 82.9 Å². The molecule has 1 heteroatoms. The zero-order valence-electron chi connectivity index (χ0n) is 14.0. The van der Waals surface area contributed by atoms with Gasteiger partial charge >= 0.3 is 0 Å². The molecular weight excluding hydrogens is 368 g/mol. The Hall–Kier alpha value is -2.56. The van der Waals surface area contributed by atoms with Crippen molar-refractivity contribution >= 4 is 15.9 Å². The summed E-state index contributed by atoms with van der Waals surface area (Å²) in [6.07, 6.45) is 4.03. The maximum absolute atomic E-state index is 3.77. The number of hydrogen-bond acceptors (Lipinski definition) is 0. The molecule has 0 bridgehead atoms. The lowest BCUT2D eigenvalue weighted by atomic mass is 10.0. The zero-order valence-corrected chi connectivity index (χ0v) is 15.6. The Morgan fingerprint density at radius 3 is 1.72 bits per heavy atom. The summed E-state index contributed by atoms with van der Waals surface area (Å²) in [7, 11) is 0. The second-order valence-corrected chi connectivity index (χ2v) is 6.77. The average molecular weight is 387 g/mol. The molecule has 0 aliphatic carbocycles. The summed E-state index contributed by atoms with van der Waals surface area (Å²) in [5.41, 5.74) is 5.83. The summed E-state index contributed by atoms with van der Waals surface area (Å²) in [5.74, 6) is 6.41. The van der Waals surface area contributed by atoms with Gasteiger partial charge in [-0.2, -0.15) is 0 Å². The van der Waals surface area contributed by atoms with Crippen LogP contribution in [0.4, 0.5) is 0 Å². The van der Waals surface area contributed by atoms with Crippen LogP contribution < -0.4 is 0 Å². The third kappa shape index (κ3) is 4.95. The molecule has 0 heterocycles. The number of hydrogen-bond donors (Lipinski definition) is 0. The molecule has 0 fully saturated rings. The smallest absolute Gasteiger partial charge is 0.0249 e. The Kier molecular flexibility index (Phi) is 5.88. The molecule has 0 spiro atoms. The molecule has 0 atom stereocenters. The van der Waals surface area contributed by atoms with Gasteiger partial charge in [0.05, 0.1) is 0 Å². The minimum atomic E-state index is 1.02. The van der Waals surface area contributed by atoms with E-state index >= 15 is 0 Å². The molecule has 3 aromatic rings. The quantitative estimate of drug-likeness (QED) is 0.348. The van der Waals surface area contributed by atoms with E-state index in [1.807, 2.05) is 30.3 Å². The molecule has 0 nitrogen and oxygen atoms in total. The van der Waals surface area contributed by atoms with Crippen LogP contribution >= 0.6 is 15.9 Å². The molecular formula is C24H19Br. The summed E-state index contributed by atoms with van der Waals surface area (Å²) in [5, 5.41) is 0. The van der Waals surface area contributed by atoms with Gasteiger partial charge in [0, 0.05) is 15.6 Å². The fourth-order valence-electron chi connectivity index (χ4n) is 2.56. The summed E-state index contributed by atoms with van der Waals surface area (Å²) in [6.45, 7) is 3.77. The molecule has 122 valence electrons. The maximum Gasteiger partial charge on any atom is 0.0249 e. The van der Waals surface area contributed by atoms with E-state index in [-0.39, 0.29) is 0 Å². The molecule has 3 aromatic carbocycles. The third-order valence-electron chi connectivity index (χ3n) is 4.00. The average Bonchev–Trinajstić information content (AvgIpc) is 2.67. The van der Waals surface area contributed by atoms with Crippen molar-refractivity contribution in [2.24, 2.45) is 0 Å². The minimum Gasteiger partial charge on any atom is -0.103 e. The Bertz CT molecular complexity index is 890. The van der Waals surface area contributed by atoms with Gasteiger partial charge in [0.15, 0.2) is 0 Å². The maximum atomic E-state index is 3.77. The molecule has 3 rings (SSSR count). The second-order valence-electron chi connectivity index (χ2n) is 5.86. The van der Waals surface area contributed by atoms with Crippen molar-refractivity contribution in [1.29, 1.82) is 0 Å². The van der Waals surface area contributed by atoms with E-state index < -0.39 is 0 Å². The first-order valence-electron chi connectivity index (χ1n) is 8.32. The number of halogens is 1. The van der Waals surface area contributed by atoms with E-state index in [1.165, 1.54) is 16.7 Å². The van der Waals surface area contributed by atoms with Crippen LogP contribution in [0.25, 0.3) is 11.1 Å². The summed E-state index contributed by atoms with van der Waals surface area (Å²) < 4.78 is 1.07. The number of rotatable bonds is 4. The van der Waals surface area contributed by atoms with Crippen LogP contribution in [-0.4, -0.2) is 0 Å². The van der Waals surface area contributed by atoms with Gasteiger partial charge in [0.2, 0.25) is 0 Å². The molecule has 0 aromatic heterocycles. The van der Waals surface area contributed by atoms with E-state index in [9.17, 15) is 0 Å². The fourth-order valence-corrected chi connectivity index (χ4v) is 2.82. The van der Waals surface area contributed by atoms with Crippen molar-refractivity contribution in [2.45, 2.75) is 12.8 Å². The Labute approximate surface area is 158 Å². The second kappa shape index (κ2) is 8.51. The van der Waals surface area contributed by atoms with Gasteiger partial charge in [-0.25, -0.2) is 0 Å².